The van der Waals surface area contributed by atoms with Crippen LogP contribution in [-0.2, 0) is 56.0 Å². The van der Waals surface area contributed by atoms with Crippen LogP contribution in [0.4, 0.5) is 0 Å². The van der Waals surface area contributed by atoms with Crippen molar-refractivity contribution in [3.05, 3.63) is 66.2 Å². The molecule has 1 aromatic heterocycles. The van der Waals surface area contributed by atoms with Gasteiger partial charge in [-0.05, 0) is 68.2 Å². The average Bonchev–Trinajstić information content (AvgIpc) is 3.84. The number of carboxylic acid groups (broad SMARTS) is 1. The van der Waals surface area contributed by atoms with Crippen LogP contribution in [-0.4, -0.2) is 142 Å². The number of hydrogen-bond acceptors (Lipinski definition) is 12. The first-order valence-corrected chi connectivity index (χ1v) is 23.4. The van der Waals surface area contributed by atoms with Crippen LogP contribution in [0.5, 0.6) is 0 Å². The molecule has 1 aliphatic rings. The van der Waals surface area contributed by atoms with E-state index in [4.69, 9.17) is 22.9 Å². The van der Waals surface area contributed by atoms with E-state index in [0.29, 0.717) is 17.7 Å². The minimum absolute atomic E-state index is 0.0487. The van der Waals surface area contributed by atoms with Gasteiger partial charge < -0.3 is 75.6 Å². The molecule has 26 nitrogen and oxygen atoms in total. The van der Waals surface area contributed by atoms with Gasteiger partial charge >= 0.3 is 5.97 Å². The van der Waals surface area contributed by atoms with Gasteiger partial charge in [-0.2, -0.15) is 0 Å². The number of nitrogens with one attached hydrogen (secondary N) is 9. The van der Waals surface area contributed by atoms with Crippen LogP contribution in [0.15, 0.2) is 65.0 Å². The maximum atomic E-state index is 14.5. The Morgan fingerprint density at radius 2 is 1.38 bits per heavy atom. The van der Waals surface area contributed by atoms with Crippen molar-refractivity contribution in [3.63, 3.8) is 0 Å². The fourth-order valence-corrected chi connectivity index (χ4v) is 7.65. The van der Waals surface area contributed by atoms with E-state index >= 15 is 0 Å². The first kappa shape index (κ1) is 56.3. The molecule has 1 saturated heterocycles. The predicted octanol–water partition coefficient (Wildman–Crippen LogP) is -3.34. The molecule has 2 aromatic carbocycles. The molecule has 0 spiro atoms. The lowest BCUT2D eigenvalue weighted by molar-refractivity contribution is -0.141. The fraction of sp³-hybridized carbons (Fsp3) is 0.478. The maximum Gasteiger partial charge on any atom is 0.305 e. The molecule has 0 saturated carbocycles. The number of hydrogen-bond donors (Lipinski definition) is 14. The summed E-state index contributed by atoms with van der Waals surface area (Å²) in [7, 11) is 0. The van der Waals surface area contributed by atoms with Crippen LogP contribution < -0.4 is 65.5 Å². The fourth-order valence-electron chi connectivity index (χ4n) is 7.65. The molecule has 72 heavy (non-hydrogen) atoms. The summed E-state index contributed by atoms with van der Waals surface area (Å²) in [5.74, 6) is -8.05. The third-order valence-corrected chi connectivity index (χ3v) is 11.3. The van der Waals surface area contributed by atoms with Crippen molar-refractivity contribution in [2.75, 3.05) is 19.6 Å². The van der Waals surface area contributed by atoms with Crippen molar-refractivity contribution in [2.24, 2.45) is 32.9 Å². The van der Waals surface area contributed by atoms with Crippen molar-refractivity contribution in [1.82, 2.24) is 52.5 Å². The molecular weight excluding hydrogens is 937 g/mol. The summed E-state index contributed by atoms with van der Waals surface area (Å²) in [5, 5.41) is 32.4. The average molecular weight is 1000 g/mol. The number of carboxylic acids is 1. The largest absolute Gasteiger partial charge is 0.481 e. The van der Waals surface area contributed by atoms with Gasteiger partial charge in [0.15, 0.2) is 11.9 Å². The second kappa shape index (κ2) is 28.4. The number of guanidine groups is 2. The number of fused-ring (bicyclic) bond motifs is 1. The number of carbonyl (C=O) groups is 9. The van der Waals surface area contributed by atoms with Gasteiger partial charge in [0, 0.05) is 51.3 Å². The summed E-state index contributed by atoms with van der Waals surface area (Å²) in [6.45, 7) is 2.74. The SMILES string of the molecule is CC(=O)N[C@@H](CCCN=C(N)N)C(=O)N[C@@H](C)C(=O)N[C@H]1CCCCNC(=O)[C@@H](CC(=O)O)NC(=O)[C@H](Cc2cnc[nH]2)NC(=O)[C@H](Cc2ccc3ccccc3c2)NC(=O)[C@H](CCCN=C(N)N)NC1=O. The number of aliphatic imine (C=N–C) groups is 2. The van der Waals surface area contributed by atoms with E-state index in [-0.39, 0.29) is 82.9 Å². The second-order valence-corrected chi connectivity index (χ2v) is 17.2. The lowest BCUT2D eigenvalue weighted by atomic mass is 9.99. The zero-order valence-corrected chi connectivity index (χ0v) is 40.2. The topological polar surface area (TPSA) is 428 Å². The molecule has 3 aromatic rings. The minimum Gasteiger partial charge on any atom is -0.481 e. The molecule has 0 aliphatic carbocycles. The molecule has 2 heterocycles. The number of nitrogens with zero attached hydrogens (tertiary/aromatic N) is 3. The van der Waals surface area contributed by atoms with Gasteiger partial charge in [-0.25, -0.2) is 4.98 Å². The van der Waals surface area contributed by atoms with Crippen molar-refractivity contribution >= 4 is 75.9 Å². The molecule has 0 unspecified atom stereocenters. The van der Waals surface area contributed by atoms with E-state index in [1.54, 1.807) is 6.07 Å². The Hall–Kier alpha value is -8.32. The number of aromatic nitrogens is 2. The molecule has 0 radical (unpaired) electrons. The normalized spacial score (nSPS) is 20.2. The van der Waals surface area contributed by atoms with E-state index < -0.39 is 102 Å². The highest BCUT2D eigenvalue weighted by atomic mass is 16.4. The highest BCUT2D eigenvalue weighted by molar-refractivity contribution is 5.98. The van der Waals surface area contributed by atoms with E-state index in [1.807, 2.05) is 36.4 Å². The summed E-state index contributed by atoms with van der Waals surface area (Å²) in [5.41, 5.74) is 22.9. The van der Waals surface area contributed by atoms with Gasteiger partial charge in [-0.3, -0.25) is 53.1 Å². The Morgan fingerprint density at radius 3 is 2.01 bits per heavy atom. The Bertz CT molecular complexity index is 2440. The summed E-state index contributed by atoms with van der Waals surface area (Å²) in [4.78, 5) is 137. The van der Waals surface area contributed by atoms with Crippen LogP contribution in [0.1, 0.15) is 76.5 Å². The van der Waals surface area contributed by atoms with Crippen molar-refractivity contribution in [3.8, 4) is 0 Å². The standard InChI is InChI=1S/C46H66N16O10/c1-25(56-40(68)31(57-26(2)63)12-7-17-53-45(47)48)38(66)58-32-11-5-6-16-52-39(67)36(22-37(64)65)62-44(72)35(21-30-23-51-24-55-30)61-43(71)34(20-27-14-15-28-9-3-4-10-29(28)19-27)60-42(70)33(59-41(32)69)13-8-18-54-46(49)50/h3-4,9-10,14-15,19,23-25,31-36H,5-8,11-13,16-18,20-22H2,1-2H3,(H,51,55)(H,52,67)(H,56,68)(H,57,63)(H,58,66)(H,59,69)(H,60,70)(H,61,71)(H,62,72)(H,64,65)(H4,47,48,53)(H4,49,50,54)/t25-,31-,32-,33-,34-,35-,36+/m0/s1. The summed E-state index contributed by atoms with van der Waals surface area (Å²) >= 11 is 0. The number of imidazole rings is 1. The monoisotopic (exact) mass is 1000 g/mol. The Labute approximate surface area is 414 Å². The molecule has 390 valence electrons. The lowest BCUT2D eigenvalue weighted by Crippen LogP contribution is -2.60. The van der Waals surface area contributed by atoms with Gasteiger partial charge in [-0.1, -0.05) is 42.5 Å². The number of carbonyl (C=O) groups excluding carboxylic acids is 8. The number of H-pyrrole nitrogens is 1. The Balaban J connectivity index is 1.71. The van der Waals surface area contributed by atoms with Crippen molar-refractivity contribution in [1.29, 1.82) is 0 Å². The third-order valence-electron chi connectivity index (χ3n) is 11.3. The Kier molecular flexibility index (Phi) is 22.2. The Morgan fingerprint density at radius 1 is 0.750 bits per heavy atom. The molecule has 18 N–H and O–H groups in total. The highest BCUT2D eigenvalue weighted by Gasteiger charge is 2.34. The van der Waals surface area contributed by atoms with E-state index in [1.165, 1.54) is 26.4 Å². The highest BCUT2D eigenvalue weighted by Crippen LogP contribution is 2.18. The number of amides is 8. The first-order chi connectivity index (χ1) is 34.3. The summed E-state index contributed by atoms with van der Waals surface area (Å²) in [6, 6.07) is 3.40. The predicted molar refractivity (Wildman–Crippen MR) is 264 cm³/mol. The van der Waals surface area contributed by atoms with E-state index in [0.717, 1.165) is 10.8 Å². The molecule has 0 bridgehead atoms. The zero-order valence-electron chi connectivity index (χ0n) is 40.2. The smallest absolute Gasteiger partial charge is 0.305 e. The molecule has 1 aliphatic heterocycles. The van der Waals surface area contributed by atoms with E-state index in [9.17, 15) is 48.3 Å². The number of aromatic amines is 1. The van der Waals surface area contributed by atoms with Crippen LogP contribution in [0, 0.1) is 0 Å². The summed E-state index contributed by atoms with van der Waals surface area (Å²) < 4.78 is 0. The number of nitrogens with two attached hydrogens (primary N) is 4. The molecule has 7 atom stereocenters. The first-order valence-electron chi connectivity index (χ1n) is 23.4. The molecule has 8 amide bonds. The lowest BCUT2D eigenvalue weighted by Gasteiger charge is -2.27. The van der Waals surface area contributed by atoms with Gasteiger partial charge in [0.25, 0.3) is 0 Å². The van der Waals surface area contributed by atoms with Crippen molar-refractivity contribution < 1.29 is 48.3 Å². The van der Waals surface area contributed by atoms with Gasteiger partial charge in [-0.15, -0.1) is 0 Å². The zero-order chi connectivity index (χ0) is 52.7. The summed E-state index contributed by atoms with van der Waals surface area (Å²) in [6.07, 6.45) is 2.41. The number of rotatable bonds is 19. The maximum absolute atomic E-state index is 14.5. The molecular formula is C46H66N16O10. The van der Waals surface area contributed by atoms with Crippen molar-refractivity contribution in [2.45, 2.75) is 120 Å². The third kappa shape index (κ3) is 19.2. The van der Waals surface area contributed by atoms with Crippen LogP contribution in [0.2, 0.25) is 0 Å². The molecule has 4 rings (SSSR count). The molecule has 1 fully saturated rings. The van der Waals surface area contributed by atoms with Crippen LogP contribution in [0.25, 0.3) is 10.8 Å². The van der Waals surface area contributed by atoms with Gasteiger partial charge in [0.05, 0.1) is 12.7 Å². The molecule has 26 heteroatoms. The quantitative estimate of drug-likeness (QED) is 0.0317. The minimum atomic E-state index is -1.59. The van der Waals surface area contributed by atoms with E-state index in [2.05, 4.69) is 62.5 Å². The van der Waals surface area contributed by atoms with Gasteiger partial charge in [0.2, 0.25) is 47.3 Å². The van der Waals surface area contributed by atoms with Crippen LogP contribution >= 0.6 is 0 Å². The number of benzene rings is 2. The van der Waals surface area contributed by atoms with Crippen LogP contribution in [0.3, 0.4) is 0 Å². The van der Waals surface area contributed by atoms with Gasteiger partial charge in [0.1, 0.15) is 42.3 Å². The second-order valence-electron chi connectivity index (χ2n) is 17.2. The number of aliphatic carboxylic acids is 1.